The summed E-state index contributed by atoms with van der Waals surface area (Å²) in [6, 6.07) is 0. The fourth-order valence-corrected chi connectivity index (χ4v) is 1.73. The fourth-order valence-electron chi connectivity index (χ4n) is 1.44. The third-order valence-electron chi connectivity index (χ3n) is 2.37. The van der Waals surface area contributed by atoms with Gasteiger partial charge in [-0.15, -0.1) is 10.2 Å². The second-order valence-corrected chi connectivity index (χ2v) is 4.07. The minimum atomic E-state index is -0.474. The first-order valence-electron chi connectivity index (χ1n) is 4.78. The number of hydrogen-bond acceptors (Lipinski definition) is 6. The van der Waals surface area contributed by atoms with Crippen LogP contribution in [-0.2, 0) is 13.5 Å². The van der Waals surface area contributed by atoms with Crippen LogP contribution in [0.2, 0.25) is 0 Å². The first-order valence-corrected chi connectivity index (χ1v) is 5.30. The second kappa shape index (κ2) is 4.53. The van der Waals surface area contributed by atoms with E-state index in [9.17, 15) is 10.1 Å². The lowest BCUT2D eigenvalue weighted by Crippen LogP contribution is -2.06. The van der Waals surface area contributed by atoms with Gasteiger partial charge in [0.1, 0.15) is 18.3 Å². The minimum Gasteiger partial charge on any atom is -0.358 e. The molecule has 9 heteroatoms. The van der Waals surface area contributed by atoms with E-state index in [0.29, 0.717) is 18.1 Å². The number of nitro groups is 1. The van der Waals surface area contributed by atoms with E-state index < -0.39 is 4.92 Å². The Morgan fingerprint density at radius 3 is 3.00 bits per heavy atom. The number of hydrogen-bond donors (Lipinski definition) is 2. The summed E-state index contributed by atoms with van der Waals surface area (Å²) < 4.78 is 1.43. The summed E-state index contributed by atoms with van der Waals surface area (Å²) in [5.41, 5.74) is 0. The van der Waals surface area contributed by atoms with Crippen molar-refractivity contribution in [1.82, 2.24) is 24.7 Å². The van der Waals surface area contributed by atoms with Crippen molar-refractivity contribution in [1.29, 1.82) is 0 Å². The van der Waals surface area contributed by atoms with Crippen molar-refractivity contribution < 1.29 is 4.92 Å². The first kappa shape index (κ1) is 11.6. The summed E-state index contributed by atoms with van der Waals surface area (Å²) in [5.74, 6) is 1.14. The van der Waals surface area contributed by atoms with Gasteiger partial charge >= 0.3 is 5.82 Å². The van der Waals surface area contributed by atoms with E-state index in [2.05, 4.69) is 32.8 Å². The number of thiol groups is 1. The quantitative estimate of drug-likeness (QED) is 0.474. The normalized spacial score (nSPS) is 12.6. The van der Waals surface area contributed by atoms with Crippen molar-refractivity contribution in [3.05, 3.63) is 34.3 Å². The SMILES string of the molecule is Cn1c([N+](=O)[O-])cnc1CC(S)c1nnc[nH]1. The molecule has 1 atom stereocenters. The maximum atomic E-state index is 10.6. The zero-order valence-electron chi connectivity index (χ0n) is 8.94. The van der Waals surface area contributed by atoms with E-state index in [1.165, 1.54) is 17.1 Å². The number of H-pyrrole nitrogens is 1. The van der Waals surface area contributed by atoms with E-state index in [-0.39, 0.29) is 11.1 Å². The average Bonchev–Trinajstić information content (AvgIpc) is 2.89. The van der Waals surface area contributed by atoms with Crippen molar-refractivity contribution in [3.63, 3.8) is 0 Å². The Balaban J connectivity index is 2.17. The van der Waals surface area contributed by atoms with E-state index >= 15 is 0 Å². The van der Waals surface area contributed by atoms with Crippen molar-refractivity contribution >= 4 is 18.4 Å². The van der Waals surface area contributed by atoms with Crippen LogP contribution in [0.3, 0.4) is 0 Å². The molecule has 2 aromatic heterocycles. The van der Waals surface area contributed by atoms with Gasteiger partial charge in [0, 0.05) is 6.42 Å². The largest absolute Gasteiger partial charge is 0.358 e. The molecule has 0 bridgehead atoms. The molecule has 0 aromatic carbocycles. The Hall–Kier alpha value is -1.90. The highest BCUT2D eigenvalue weighted by atomic mass is 32.1. The summed E-state index contributed by atoms with van der Waals surface area (Å²) in [6.45, 7) is 0. The van der Waals surface area contributed by atoms with Gasteiger partial charge < -0.3 is 15.1 Å². The van der Waals surface area contributed by atoms with Crippen molar-refractivity contribution in [3.8, 4) is 0 Å². The molecule has 1 unspecified atom stereocenters. The highest BCUT2D eigenvalue weighted by Crippen LogP contribution is 2.22. The number of aromatic amines is 1. The van der Waals surface area contributed by atoms with Crippen LogP contribution in [0, 0.1) is 10.1 Å². The number of aromatic nitrogens is 5. The Bertz CT molecular complexity index is 522. The number of nitrogens with zero attached hydrogens (tertiary/aromatic N) is 5. The van der Waals surface area contributed by atoms with Gasteiger partial charge in [-0.1, -0.05) is 0 Å². The van der Waals surface area contributed by atoms with E-state index in [0.717, 1.165) is 0 Å². The predicted molar refractivity (Wildman–Crippen MR) is 61.7 cm³/mol. The zero-order valence-corrected chi connectivity index (χ0v) is 9.83. The van der Waals surface area contributed by atoms with Crippen molar-refractivity contribution in [2.45, 2.75) is 11.7 Å². The lowest BCUT2D eigenvalue weighted by atomic mass is 10.3. The van der Waals surface area contributed by atoms with Gasteiger partial charge in [0.05, 0.1) is 12.3 Å². The first-order chi connectivity index (χ1) is 8.09. The van der Waals surface area contributed by atoms with Gasteiger partial charge in [-0.2, -0.15) is 12.6 Å². The predicted octanol–water partition coefficient (Wildman–Crippen LogP) is 0.660. The lowest BCUT2D eigenvalue weighted by Gasteiger charge is -2.04. The summed E-state index contributed by atoms with van der Waals surface area (Å²) in [7, 11) is 1.60. The average molecular weight is 254 g/mol. The molecular formula is C8H10N6O2S. The molecule has 17 heavy (non-hydrogen) atoms. The Labute approximate surface area is 102 Å². The Kier molecular flexibility index (Phi) is 3.09. The fraction of sp³-hybridized carbons (Fsp3) is 0.375. The summed E-state index contributed by atoms with van der Waals surface area (Å²) in [4.78, 5) is 17.0. The smallest absolute Gasteiger partial charge is 0.342 e. The van der Waals surface area contributed by atoms with E-state index in [1.807, 2.05) is 0 Å². The van der Waals surface area contributed by atoms with Crippen LogP contribution in [0.1, 0.15) is 16.9 Å². The van der Waals surface area contributed by atoms with Crippen molar-refractivity contribution in [2.24, 2.45) is 7.05 Å². The topological polar surface area (TPSA) is 103 Å². The molecule has 2 rings (SSSR count). The molecule has 0 radical (unpaired) electrons. The van der Waals surface area contributed by atoms with E-state index in [4.69, 9.17) is 0 Å². The maximum Gasteiger partial charge on any atom is 0.342 e. The molecule has 0 saturated heterocycles. The maximum absolute atomic E-state index is 10.6. The van der Waals surface area contributed by atoms with Gasteiger partial charge in [0.15, 0.2) is 5.82 Å². The second-order valence-electron chi connectivity index (χ2n) is 3.44. The molecule has 0 spiro atoms. The van der Waals surface area contributed by atoms with Crippen LogP contribution in [0.5, 0.6) is 0 Å². The van der Waals surface area contributed by atoms with Crippen LogP contribution in [0.4, 0.5) is 5.82 Å². The highest BCUT2D eigenvalue weighted by Gasteiger charge is 2.20. The number of imidazole rings is 1. The molecule has 0 amide bonds. The number of nitrogens with one attached hydrogen (secondary N) is 1. The molecule has 2 heterocycles. The van der Waals surface area contributed by atoms with E-state index in [1.54, 1.807) is 7.05 Å². The monoisotopic (exact) mass is 254 g/mol. The van der Waals surface area contributed by atoms with Gasteiger partial charge in [-0.25, -0.2) is 9.55 Å². The third kappa shape index (κ3) is 2.28. The molecular weight excluding hydrogens is 244 g/mol. The van der Waals surface area contributed by atoms with Gasteiger partial charge in [-0.05, 0) is 4.92 Å². The van der Waals surface area contributed by atoms with Gasteiger partial charge in [0.25, 0.3) is 0 Å². The van der Waals surface area contributed by atoms with Crippen LogP contribution in [0.15, 0.2) is 12.5 Å². The summed E-state index contributed by atoms with van der Waals surface area (Å²) >= 11 is 4.35. The molecule has 0 aliphatic carbocycles. The third-order valence-corrected chi connectivity index (χ3v) is 2.80. The molecule has 0 saturated carbocycles. The van der Waals surface area contributed by atoms with Gasteiger partial charge in [0.2, 0.25) is 0 Å². The summed E-state index contributed by atoms with van der Waals surface area (Å²) in [5, 5.41) is 17.9. The van der Waals surface area contributed by atoms with Gasteiger partial charge in [-0.3, -0.25) is 0 Å². The molecule has 2 aromatic rings. The summed E-state index contributed by atoms with van der Waals surface area (Å²) in [6.07, 6.45) is 3.12. The van der Waals surface area contributed by atoms with Crippen LogP contribution in [0.25, 0.3) is 0 Å². The standard InChI is InChI=1S/C8H10N6O2S/c1-13-6(9-3-7(13)14(15)16)2-5(17)8-10-4-11-12-8/h3-5,17H,2H2,1H3,(H,10,11,12). The zero-order chi connectivity index (χ0) is 12.4. The van der Waals surface area contributed by atoms with Crippen LogP contribution < -0.4 is 0 Å². The molecule has 0 aliphatic rings. The number of rotatable bonds is 4. The van der Waals surface area contributed by atoms with Crippen LogP contribution in [-0.4, -0.2) is 29.7 Å². The van der Waals surface area contributed by atoms with Crippen molar-refractivity contribution in [2.75, 3.05) is 0 Å². The molecule has 0 fully saturated rings. The Morgan fingerprint density at radius 2 is 2.47 bits per heavy atom. The molecule has 1 N–H and O–H groups in total. The molecule has 8 nitrogen and oxygen atoms in total. The lowest BCUT2D eigenvalue weighted by molar-refractivity contribution is -0.391. The Morgan fingerprint density at radius 1 is 1.71 bits per heavy atom. The minimum absolute atomic E-state index is 0.0434. The molecule has 0 aliphatic heterocycles. The van der Waals surface area contributed by atoms with Crippen LogP contribution >= 0.6 is 12.6 Å². The molecule has 90 valence electrons. The highest BCUT2D eigenvalue weighted by molar-refractivity contribution is 7.80.